The van der Waals surface area contributed by atoms with Crippen LogP contribution in [0.4, 0.5) is 4.39 Å². The van der Waals surface area contributed by atoms with E-state index in [0.717, 1.165) is 16.8 Å². The van der Waals surface area contributed by atoms with E-state index < -0.39 is 0 Å². The van der Waals surface area contributed by atoms with Crippen molar-refractivity contribution < 1.29 is 9.18 Å². The number of rotatable bonds is 6. The van der Waals surface area contributed by atoms with Crippen molar-refractivity contribution in [3.8, 4) is 17.1 Å². The molecule has 0 bridgehead atoms. The van der Waals surface area contributed by atoms with Gasteiger partial charge in [-0.05, 0) is 43.7 Å². The van der Waals surface area contributed by atoms with Crippen molar-refractivity contribution in [1.29, 1.82) is 0 Å². The topological polar surface area (TPSA) is 47.8 Å². The van der Waals surface area contributed by atoms with Crippen LogP contribution in [0.5, 0.6) is 0 Å². The maximum Gasteiger partial charge on any atom is 0.196 e. The van der Waals surface area contributed by atoms with Gasteiger partial charge >= 0.3 is 0 Å². The third-order valence-electron chi connectivity index (χ3n) is 4.75. The zero-order valence-corrected chi connectivity index (χ0v) is 17.5. The molecule has 4 aromatic rings. The van der Waals surface area contributed by atoms with E-state index in [1.807, 2.05) is 66.9 Å². The van der Waals surface area contributed by atoms with Gasteiger partial charge in [-0.3, -0.25) is 9.36 Å². The molecule has 4 nitrogen and oxygen atoms in total. The Morgan fingerprint density at radius 3 is 2.50 bits per heavy atom. The Kier molecular flexibility index (Phi) is 5.77. The second-order valence-electron chi connectivity index (χ2n) is 7.02. The van der Waals surface area contributed by atoms with Crippen LogP contribution in [0.1, 0.15) is 21.5 Å². The van der Waals surface area contributed by atoms with Gasteiger partial charge in [-0.15, -0.1) is 10.2 Å². The summed E-state index contributed by atoms with van der Waals surface area (Å²) in [5.41, 5.74) is 4.28. The van der Waals surface area contributed by atoms with Crippen molar-refractivity contribution in [2.75, 3.05) is 5.75 Å². The lowest BCUT2D eigenvalue weighted by molar-refractivity contribution is 0.102. The number of aryl methyl sites for hydroxylation is 2. The molecular weight excluding hydrogens is 397 g/mol. The highest BCUT2D eigenvalue weighted by Gasteiger charge is 2.18. The molecule has 3 aromatic carbocycles. The Morgan fingerprint density at radius 2 is 1.77 bits per heavy atom. The normalized spacial score (nSPS) is 10.9. The molecule has 0 unspecified atom stereocenters. The molecule has 0 aliphatic heterocycles. The minimum absolute atomic E-state index is 0.0346. The van der Waals surface area contributed by atoms with E-state index in [1.165, 1.54) is 23.9 Å². The summed E-state index contributed by atoms with van der Waals surface area (Å²) in [6.07, 6.45) is 0. The van der Waals surface area contributed by atoms with Crippen LogP contribution in [0.3, 0.4) is 0 Å². The number of Topliss-reactive ketones (excluding diaryl/α,β-unsaturated/α-hetero) is 1. The van der Waals surface area contributed by atoms with Gasteiger partial charge < -0.3 is 0 Å². The van der Waals surface area contributed by atoms with Crippen LogP contribution in [-0.2, 0) is 0 Å². The molecule has 0 amide bonds. The molecule has 150 valence electrons. The number of ketones is 1. The molecule has 1 aromatic heterocycles. The SMILES string of the molecule is Cc1ccc(C(=O)CSc2nnc(-c3cccc(F)c3)n2-c2ccccc2)c(C)c1. The number of aromatic nitrogens is 3. The third-order valence-corrected chi connectivity index (χ3v) is 5.67. The maximum absolute atomic E-state index is 13.8. The lowest BCUT2D eigenvalue weighted by Gasteiger charge is -2.11. The van der Waals surface area contributed by atoms with Gasteiger partial charge in [0.1, 0.15) is 5.82 Å². The average Bonchev–Trinajstić information content (AvgIpc) is 3.16. The summed E-state index contributed by atoms with van der Waals surface area (Å²) in [4.78, 5) is 12.8. The van der Waals surface area contributed by atoms with Crippen molar-refractivity contribution in [3.05, 3.63) is 95.3 Å². The van der Waals surface area contributed by atoms with Crippen molar-refractivity contribution >= 4 is 17.5 Å². The van der Waals surface area contributed by atoms with Gasteiger partial charge in [-0.1, -0.05) is 65.9 Å². The summed E-state index contributed by atoms with van der Waals surface area (Å²) in [6, 6.07) is 21.7. The molecule has 6 heteroatoms. The lowest BCUT2D eigenvalue weighted by Crippen LogP contribution is -2.07. The minimum Gasteiger partial charge on any atom is -0.293 e. The summed E-state index contributed by atoms with van der Waals surface area (Å²) in [5, 5.41) is 9.18. The first kappa shape index (κ1) is 20.0. The summed E-state index contributed by atoms with van der Waals surface area (Å²) < 4.78 is 15.7. The van der Waals surface area contributed by atoms with Crippen LogP contribution < -0.4 is 0 Å². The van der Waals surface area contributed by atoms with E-state index >= 15 is 0 Å². The van der Waals surface area contributed by atoms with E-state index in [-0.39, 0.29) is 17.4 Å². The Balaban J connectivity index is 1.67. The fourth-order valence-electron chi connectivity index (χ4n) is 3.32. The van der Waals surface area contributed by atoms with Crippen LogP contribution >= 0.6 is 11.8 Å². The zero-order valence-electron chi connectivity index (χ0n) is 16.7. The molecule has 30 heavy (non-hydrogen) atoms. The first-order valence-corrected chi connectivity index (χ1v) is 10.5. The number of benzene rings is 3. The molecule has 4 rings (SSSR count). The van der Waals surface area contributed by atoms with Crippen molar-refractivity contribution in [2.24, 2.45) is 0 Å². The first-order chi connectivity index (χ1) is 14.5. The number of para-hydroxylation sites is 1. The Labute approximate surface area is 178 Å². The molecule has 0 spiro atoms. The van der Waals surface area contributed by atoms with Crippen molar-refractivity contribution in [2.45, 2.75) is 19.0 Å². The van der Waals surface area contributed by atoms with E-state index in [2.05, 4.69) is 10.2 Å². The van der Waals surface area contributed by atoms with Crippen LogP contribution in [0, 0.1) is 19.7 Å². The van der Waals surface area contributed by atoms with Crippen LogP contribution in [0.25, 0.3) is 17.1 Å². The maximum atomic E-state index is 13.8. The summed E-state index contributed by atoms with van der Waals surface area (Å²) in [6.45, 7) is 3.95. The monoisotopic (exact) mass is 417 g/mol. The van der Waals surface area contributed by atoms with E-state index in [0.29, 0.717) is 22.1 Å². The highest BCUT2D eigenvalue weighted by molar-refractivity contribution is 7.99. The fraction of sp³-hybridized carbons (Fsp3) is 0.125. The van der Waals surface area contributed by atoms with Gasteiger partial charge in [0.25, 0.3) is 0 Å². The van der Waals surface area contributed by atoms with Crippen molar-refractivity contribution in [1.82, 2.24) is 14.8 Å². The molecule has 0 aliphatic rings. The molecule has 0 N–H and O–H groups in total. The third kappa shape index (κ3) is 4.19. The minimum atomic E-state index is -0.339. The molecule has 0 fully saturated rings. The second-order valence-corrected chi connectivity index (χ2v) is 7.96. The second kappa shape index (κ2) is 8.63. The van der Waals surface area contributed by atoms with Gasteiger partial charge in [-0.25, -0.2) is 4.39 Å². The lowest BCUT2D eigenvalue weighted by atomic mass is 10.0. The number of carbonyl (C=O) groups excluding carboxylic acids is 1. The Bertz CT molecular complexity index is 1200. The van der Waals surface area contributed by atoms with Crippen molar-refractivity contribution in [3.63, 3.8) is 0 Å². The number of thioether (sulfide) groups is 1. The highest BCUT2D eigenvalue weighted by Crippen LogP contribution is 2.29. The highest BCUT2D eigenvalue weighted by atomic mass is 32.2. The smallest absolute Gasteiger partial charge is 0.196 e. The van der Waals surface area contributed by atoms with Gasteiger partial charge in [0.15, 0.2) is 16.8 Å². The fourth-order valence-corrected chi connectivity index (χ4v) is 4.16. The first-order valence-electron chi connectivity index (χ1n) is 9.53. The molecule has 0 aliphatic carbocycles. The Hall–Kier alpha value is -3.25. The number of hydrogen-bond donors (Lipinski definition) is 0. The molecular formula is C24H20FN3OS. The van der Waals surface area contributed by atoms with E-state index in [4.69, 9.17) is 0 Å². The summed E-state index contributed by atoms with van der Waals surface area (Å²) in [7, 11) is 0. The predicted octanol–water partition coefficient (Wildman–Crippen LogP) is 5.67. The number of nitrogens with zero attached hydrogens (tertiary/aromatic N) is 3. The van der Waals surface area contributed by atoms with Crippen LogP contribution in [0.2, 0.25) is 0 Å². The van der Waals surface area contributed by atoms with Gasteiger partial charge in [-0.2, -0.15) is 0 Å². The quantitative estimate of drug-likeness (QED) is 0.300. The summed E-state index contributed by atoms with van der Waals surface area (Å²) in [5.74, 6) is 0.460. The van der Waals surface area contributed by atoms with E-state index in [9.17, 15) is 9.18 Å². The average molecular weight is 418 g/mol. The van der Waals surface area contributed by atoms with E-state index in [1.54, 1.807) is 12.1 Å². The Morgan fingerprint density at radius 1 is 0.967 bits per heavy atom. The largest absolute Gasteiger partial charge is 0.293 e. The standard InChI is InChI=1S/C24H20FN3OS/c1-16-11-12-21(17(2)13-16)22(29)15-30-24-27-26-23(18-7-6-8-19(25)14-18)28(24)20-9-4-3-5-10-20/h3-14H,15H2,1-2H3. The summed E-state index contributed by atoms with van der Waals surface area (Å²) >= 11 is 1.32. The zero-order chi connectivity index (χ0) is 21.1. The van der Waals surface area contributed by atoms with Gasteiger partial charge in [0.05, 0.1) is 5.75 Å². The molecule has 0 atom stereocenters. The van der Waals surface area contributed by atoms with Crippen LogP contribution in [-0.4, -0.2) is 26.3 Å². The molecule has 0 saturated carbocycles. The molecule has 1 heterocycles. The molecule has 0 radical (unpaired) electrons. The predicted molar refractivity (Wildman–Crippen MR) is 118 cm³/mol. The van der Waals surface area contributed by atoms with Gasteiger partial charge in [0.2, 0.25) is 0 Å². The van der Waals surface area contributed by atoms with Crippen LogP contribution in [0.15, 0.2) is 78.0 Å². The van der Waals surface area contributed by atoms with Gasteiger partial charge in [0, 0.05) is 16.8 Å². The number of carbonyl (C=O) groups is 1. The number of hydrogen-bond acceptors (Lipinski definition) is 4. The number of halogens is 1. The molecule has 0 saturated heterocycles.